The molecule has 0 amide bonds. The monoisotopic (exact) mass is 231 g/mol. The molecule has 2 aromatic heterocycles. The fourth-order valence-corrected chi connectivity index (χ4v) is 1.97. The third-order valence-corrected chi connectivity index (χ3v) is 2.79. The number of nitrogens with zero attached hydrogens (tertiary/aromatic N) is 4. The van der Waals surface area contributed by atoms with E-state index >= 15 is 0 Å². The molecule has 0 radical (unpaired) electrons. The number of rotatable bonds is 4. The number of aryl methyl sites for hydroxylation is 2. The molecule has 0 bridgehead atoms. The molecule has 5 nitrogen and oxygen atoms in total. The van der Waals surface area contributed by atoms with Crippen LogP contribution in [0.2, 0.25) is 0 Å². The Kier molecular flexibility index (Phi) is 3.49. The van der Waals surface area contributed by atoms with Crippen molar-refractivity contribution in [3.05, 3.63) is 41.5 Å². The topological polar surface area (TPSA) is 55.6 Å². The van der Waals surface area contributed by atoms with Gasteiger partial charge in [-0.2, -0.15) is 0 Å². The van der Waals surface area contributed by atoms with Crippen LogP contribution in [0.4, 0.5) is 0 Å². The minimum absolute atomic E-state index is 0.103. The molecule has 17 heavy (non-hydrogen) atoms. The van der Waals surface area contributed by atoms with Gasteiger partial charge in [0.1, 0.15) is 0 Å². The number of pyridine rings is 1. The van der Waals surface area contributed by atoms with Crippen LogP contribution in [0.5, 0.6) is 0 Å². The van der Waals surface area contributed by atoms with E-state index < -0.39 is 0 Å². The van der Waals surface area contributed by atoms with E-state index in [9.17, 15) is 0 Å². The average Bonchev–Trinajstić information content (AvgIpc) is 2.78. The zero-order valence-corrected chi connectivity index (χ0v) is 10.4. The third-order valence-electron chi connectivity index (χ3n) is 2.79. The molecule has 0 aliphatic carbocycles. The molecule has 0 aliphatic heterocycles. The summed E-state index contributed by atoms with van der Waals surface area (Å²) in [6, 6.07) is 4.20. The van der Waals surface area contributed by atoms with Crippen molar-refractivity contribution in [3.63, 3.8) is 0 Å². The predicted molar refractivity (Wildman–Crippen MR) is 65.6 cm³/mol. The zero-order chi connectivity index (χ0) is 12.3. The van der Waals surface area contributed by atoms with Crippen LogP contribution < -0.4 is 5.32 Å². The van der Waals surface area contributed by atoms with Crippen LogP contribution in [-0.4, -0.2) is 27.0 Å². The second kappa shape index (κ2) is 5.05. The molecule has 2 heterocycles. The minimum atomic E-state index is 0.103. The minimum Gasteiger partial charge on any atom is -0.308 e. The molecule has 0 aliphatic rings. The van der Waals surface area contributed by atoms with Crippen molar-refractivity contribution < 1.29 is 0 Å². The van der Waals surface area contributed by atoms with Gasteiger partial charge in [0.2, 0.25) is 0 Å². The van der Waals surface area contributed by atoms with Crippen molar-refractivity contribution in [2.75, 3.05) is 7.05 Å². The van der Waals surface area contributed by atoms with Gasteiger partial charge in [0.25, 0.3) is 0 Å². The summed E-state index contributed by atoms with van der Waals surface area (Å²) in [6.07, 6.45) is 3.63. The number of hydrogen-bond acceptors (Lipinski definition) is 4. The Morgan fingerprint density at radius 1 is 1.47 bits per heavy atom. The second-order valence-corrected chi connectivity index (χ2v) is 3.93. The summed E-state index contributed by atoms with van der Waals surface area (Å²) < 4.78 is 1.90. The molecule has 2 rings (SSSR count). The quantitative estimate of drug-likeness (QED) is 0.862. The molecule has 0 saturated heterocycles. The van der Waals surface area contributed by atoms with E-state index in [4.69, 9.17) is 0 Å². The molecule has 1 atom stereocenters. The Bertz CT molecular complexity index is 491. The average molecular weight is 231 g/mol. The van der Waals surface area contributed by atoms with Crippen molar-refractivity contribution in [1.82, 2.24) is 25.3 Å². The van der Waals surface area contributed by atoms with Crippen molar-refractivity contribution in [1.29, 1.82) is 0 Å². The van der Waals surface area contributed by atoms with Gasteiger partial charge >= 0.3 is 0 Å². The normalized spacial score (nSPS) is 12.6. The summed E-state index contributed by atoms with van der Waals surface area (Å²) in [5.41, 5.74) is 3.26. The van der Waals surface area contributed by atoms with Gasteiger partial charge in [-0.1, -0.05) is 5.21 Å². The fraction of sp³-hybridized carbons (Fsp3) is 0.417. The first kappa shape index (κ1) is 11.7. The largest absolute Gasteiger partial charge is 0.308 e. The molecule has 1 unspecified atom stereocenters. The van der Waals surface area contributed by atoms with Crippen LogP contribution in [0.3, 0.4) is 0 Å². The summed E-state index contributed by atoms with van der Waals surface area (Å²) in [4.78, 5) is 4.21. The van der Waals surface area contributed by atoms with Crippen LogP contribution in [-0.2, 0) is 6.54 Å². The Hall–Kier alpha value is -1.75. The number of aromatic nitrogens is 4. The van der Waals surface area contributed by atoms with E-state index in [2.05, 4.69) is 33.6 Å². The molecule has 0 aromatic carbocycles. The molecule has 2 aromatic rings. The Labute approximate surface area is 101 Å². The highest BCUT2D eigenvalue weighted by molar-refractivity contribution is 5.26. The lowest BCUT2D eigenvalue weighted by molar-refractivity contribution is 0.551. The van der Waals surface area contributed by atoms with Gasteiger partial charge in [0.05, 0.1) is 17.9 Å². The summed E-state index contributed by atoms with van der Waals surface area (Å²) in [5, 5.41) is 11.3. The maximum Gasteiger partial charge on any atom is 0.0801 e. The molecule has 0 spiro atoms. The Balaban J connectivity index is 2.40. The van der Waals surface area contributed by atoms with Crippen molar-refractivity contribution in [2.45, 2.75) is 26.4 Å². The first-order chi connectivity index (χ1) is 8.26. The summed E-state index contributed by atoms with van der Waals surface area (Å²) in [6.45, 7) is 4.87. The summed E-state index contributed by atoms with van der Waals surface area (Å²) >= 11 is 0. The van der Waals surface area contributed by atoms with E-state index in [0.29, 0.717) is 0 Å². The van der Waals surface area contributed by atoms with Gasteiger partial charge in [-0.05, 0) is 38.6 Å². The first-order valence-electron chi connectivity index (χ1n) is 5.74. The number of nitrogens with one attached hydrogen (secondary N) is 1. The molecular formula is C12H17N5. The smallest absolute Gasteiger partial charge is 0.0801 e. The highest BCUT2D eigenvalue weighted by Crippen LogP contribution is 2.20. The summed E-state index contributed by atoms with van der Waals surface area (Å²) in [7, 11) is 1.94. The lowest BCUT2D eigenvalue weighted by atomic mass is 10.0. The molecule has 1 N–H and O–H groups in total. The third kappa shape index (κ3) is 2.34. The highest BCUT2D eigenvalue weighted by atomic mass is 15.4. The maximum absolute atomic E-state index is 4.21. The molecule has 0 saturated carbocycles. The molecular weight excluding hydrogens is 214 g/mol. The van der Waals surface area contributed by atoms with Crippen LogP contribution in [0, 0.1) is 6.92 Å². The van der Waals surface area contributed by atoms with E-state index in [0.717, 1.165) is 17.9 Å². The SMILES string of the molecule is CCn1nncc1C(NC)c1ccnc(C)c1. The van der Waals surface area contributed by atoms with Crippen LogP contribution in [0.25, 0.3) is 0 Å². The maximum atomic E-state index is 4.21. The van der Waals surface area contributed by atoms with Gasteiger partial charge in [0, 0.05) is 18.4 Å². The number of hydrogen-bond donors (Lipinski definition) is 1. The molecule has 90 valence electrons. The van der Waals surface area contributed by atoms with E-state index in [1.54, 1.807) is 6.20 Å². The zero-order valence-electron chi connectivity index (χ0n) is 10.4. The van der Waals surface area contributed by atoms with Crippen molar-refractivity contribution in [3.8, 4) is 0 Å². The van der Waals surface area contributed by atoms with E-state index in [-0.39, 0.29) is 6.04 Å². The van der Waals surface area contributed by atoms with Gasteiger partial charge in [-0.25, -0.2) is 4.68 Å². The summed E-state index contributed by atoms with van der Waals surface area (Å²) in [5.74, 6) is 0. The lowest BCUT2D eigenvalue weighted by Gasteiger charge is -2.17. The van der Waals surface area contributed by atoms with E-state index in [1.807, 2.05) is 30.9 Å². The lowest BCUT2D eigenvalue weighted by Crippen LogP contribution is -2.21. The Morgan fingerprint density at radius 2 is 2.29 bits per heavy atom. The van der Waals surface area contributed by atoms with Gasteiger partial charge in [0.15, 0.2) is 0 Å². The fourth-order valence-electron chi connectivity index (χ4n) is 1.97. The van der Waals surface area contributed by atoms with Crippen molar-refractivity contribution in [2.24, 2.45) is 0 Å². The second-order valence-electron chi connectivity index (χ2n) is 3.93. The van der Waals surface area contributed by atoms with Crippen LogP contribution in [0.15, 0.2) is 24.5 Å². The van der Waals surface area contributed by atoms with Crippen LogP contribution >= 0.6 is 0 Å². The van der Waals surface area contributed by atoms with Gasteiger partial charge in [-0.3, -0.25) is 4.98 Å². The van der Waals surface area contributed by atoms with Gasteiger partial charge in [-0.15, -0.1) is 5.10 Å². The van der Waals surface area contributed by atoms with Crippen LogP contribution in [0.1, 0.15) is 29.9 Å². The molecule has 5 heteroatoms. The highest BCUT2D eigenvalue weighted by Gasteiger charge is 2.16. The standard InChI is InChI=1S/C12H17N5/c1-4-17-11(8-15-16-17)12(13-3)10-5-6-14-9(2)7-10/h5-8,12-13H,4H2,1-3H3. The Morgan fingerprint density at radius 3 is 2.94 bits per heavy atom. The first-order valence-corrected chi connectivity index (χ1v) is 5.74. The molecule has 0 fully saturated rings. The van der Waals surface area contributed by atoms with E-state index in [1.165, 1.54) is 5.56 Å². The predicted octanol–water partition coefficient (Wildman–Crippen LogP) is 1.31. The van der Waals surface area contributed by atoms with Gasteiger partial charge < -0.3 is 5.32 Å². The van der Waals surface area contributed by atoms with Crippen molar-refractivity contribution >= 4 is 0 Å².